The zero-order chi connectivity index (χ0) is 17.4. The van der Waals surface area contributed by atoms with Gasteiger partial charge < -0.3 is 14.6 Å². The lowest BCUT2D eigenvalue weighted by atomic mass is 10.1. The first-order chi connectivity index (χ1) is 12.1. The quantitative estimate of drug-likeness (QED) is 0.797. The van der Waals surface area contributed by atoms with Gasteiger partial charge >= 0.3 is 0 Å². The van der Waals surface area contributed by atoms with E-state index in [1.165, 1.54) is 5.56 Å². The Labute approximate surface area is 146 Å². The fourth-order valence-corrected chi connectivity index (χ4v) is 3.37. The Morgan fingerprint density at radius 2 is 2.16 bits per heavy atom. The molecular weight excluding hydrogens is 314 g/mol. The molecule has 0 saturated carbocycles. The highest BCUT2D eigenvalue weighted by molar-refractivity contribution is 5.99. The Morgan fingerprint density at radius 1 is 1.28 bits per heavy atom. The Bertz CT molecular complexity index is 917. The Kier molecular flexibility index (Phi) is 3.92. The van der Waals surface area contributed by atoms with Gasteiger partial charge in [-0.15, -0.1) is 0 Å². The molecule has 1 unspecified atom stereocenters. The summed E-state index contributed by atoms with van der Waals surface area (Å²) in [5.74, 6) is 0.675. The minimum absolute atomic E-state index is 0.00109. The fourth-order valence-electron chi connectivity index (χ4n) is 3.37. The number of nitrogens with one attached hydrogen (secondary N) is 1. The molecule has 3 aromatic rings. The second kappa shape index (κ2) is 6.24. The average molecular weight is 335 g/mol. The standard InChI is InChI=1S/C20H21N3O2/c1-13-14(2)22-18-7-6-15(11-17(13)18)20(24)23-10-8-16(12-23)25-19-5-3-4-9-21-19/h3-7,9,11,16,22H,8,10,12H2,1-2H3. The van der Waals surface area contributed by atoms with E-state index in [0.29, 0.717) is 19.0 Å². The predicted molar refractivity (Wildman–Crippen MR) is 96.9 cm³/mol. The number of hydrogen-bond donors (Lipinski definition) is 1. The first-order valence-corrected chi connectivity index (χ1v) is 8.58. The van der Waals surface area contributed by atoms with Crippen LogP contribution in [0.1, 0.15) is 28.0 Å². The van der Waals surface area contributed by atoms with Crippen LogP contribution in [0.25, 0.3) is 10.9 Å². The molecule has 1 saturated heterocycles. The van der Waals surface area contributed by atoms with Gasteiger partial charge in [0.1, 0.15) is 6.10 Å². The number of aromatic amines is 1. The molecule has 1 amide bonds. The van der Waals surface area contributed by atoms with Crippen LogP contribution in [0.15, 0.2) is 42.6 Å². The van der Waals surface area contributed by atoms with Crippen LogP contribution in [0.5, 0.6) is 5.88 Å². The largest absolute Gasteiger partial charge is 0.472 e. The van der Waals surface area contributed by atoms with Crippen molar-refractivity contribution in [3.8, 4) is 5.88 Å². The summed E-state index contributed by atoms with van der Waals surface area (Å²) >= 11 is 0. The van der Waals surface area contributed by atoms with Crippen molar-refractivity contribution in [2.45, 2.75) is 26.4 Å². The minimum Gasteiger partial charge on any atom is -0.472 e. The van der Waals surface area contributed by atoms with Crippen molar-refractivity contribution in [2.24, 2.45) is 0 Å². The molecule has 5 heteroatoms. The van der Waals surface area contributed by atoms with E-state index in [0.717, 1.165) is 28.6 Å². The maximum Gasteiger partial charge on any atom is 0.254 e. The third kappa shape index (κ3) is 2.97. The number of rotatable bonds is 3. The molecule has 0 spiro atoms. The van der Waals surface area contributed by atoms with E-state index in [9.17, 15) is 4.79 Å². The van der Waals surface area contributed by atoms with Crippen LogP contribution in [0, 0.1) is 13.8 Å². The van der Waals surface area contributed by atoms with Gasteiger partial charge in [-0.1, -0.05) is 6.07 Å². The number of likely N-dealkylation sites (tertiary alicyclic amines) is 1. The molecular formula is C20H21N3O2. The molecule has 0 bridgehead atoms. The van der Waals surface area contributed by atoms with Gasteiger partial charge in [0, 0.05) is 47.4 Å². The van der Waals surface area contributed by atoms with Gasteiger partial charge in [-0.25, -0.2) is 4.98 Å². The molecule has 1 aliphatic heterocycles. The monoisotopic (exact) mass is 335 g/mol. The van der Waals surface area contributed by atoms with Crippen molar-refractivity contribution < 1.29 is 9.53 Å². The summed E-state index contributed by atoms with van der Waals surface area (Å²) in [5, 5.41) is 1.11. The molecule has 3 heterocycles. The summed E-state index contributed by atoms with van der Waals surface area (Å²) in [6.45, 7) is 5.43. The van der Waals surface area contributed by atoms with Crippen molar-refractivity contribution in [3.63, 3.8) is 0 Å². The van der Waals surface area contributed by atoms with Crippen LogP contribution in [0.3, 0.4) is 0 Å². The summed E-state index contributed by atoms with van der Waals surface area (Å²) in [5.41, 5.74) is 4.14. The predicted octanol–water partition coefficient (Wildman–Crippen LogP) is 3.47. The number of nitrogens with zero attached hydrogens (tertiary/aromatic N) is 2. The van der Waals surface area contributed by atoms with Crippen molar-refractivity contribution in [1.82, 2.24) is 14.9 Å². The second-order valence-corrected chi connectivity index (χ2v) is 6.58. The Hall–Kier alpha value is -2.82. The second-order valence-electron chi connectivity index (χ2n) is 6.58. The van der Waals surface area contributed by atoms with E-state index in [1.807, 2.05) is 41.3 Å². The molecule has 1 atom stereocenters. The average Bonchev–Trinajstić information content (AvgIpc) is 3.20. The minimum atomic E-state index is -0.00109. The van der Waals surface area contributed by atoms with Gasteiger partial charge in [-0.3, -0.25) is 4.79 Å². The van der Waals surface area contributed by atoms with E-state index >= 15 is 0 Å². The lowest BCUT2D eigenvalue weighted by Crippen LogP contribution is -2.31. The van der Waals surface area contributed by atoms with Gasteiger partial charge in [-0.2, -0.15) is 0 Å². The molecule has 0 aliphatic carbocycles. The lowest BCUT2D eigenvalue weighted by molar-refractivity contribution is 0.0771. The fraction of sp³-hybridized carbons (Fsp3) is 0.300. The van der Waals surface area contributed by atoms with Crippen molar-refractivity contribution >= 4 is 16.8 Å². The van der Waals surface area contributed by atoms with Gasteiger partial charge in [0.15, 0.2) is 0 Å². The molecule has 5 nitrogen and oxygen atoms in total. The molecule has 1 N–H and O–H groups in total. The number of H-pyrrole nitrogens is 1. The maximum absolute atomic E-state index is 12.9. The number of hydrogen-bond acceptors (Lipinski definition) is 3. The normalized spacial score (nSPS) is 17.2. The Morgan fingerprint density at radius 3 is 2.96 bits per heavy atom. The number of carbonyl (C=O) groups excluding carboxylic acids is 1. The van der Waals surface area contributed by atoms with Gasteiger partial charge in [0.25, 0.3) is 5.91 Å². The number of benzene rings is 1. The summed E-state index contributed by atoms with van der Waals surface area (Å²) in [7, 11) is 0. The number of amides is 1. The van der Waals surface area contributed by atoms with Gasteiger partial charge in [0.2, 0.25) is 5.88 Å². The topological polar surface area (TPSA) is 58.2 Å². The summed E-state index contributed by atoms with van der Waals surface area (Å²) in [6, 6.07) is 11.5. The molecule has 0 radical (unpaired) electrons. The van der Waals surface area contributed by atoms with Crippen LogP contribution < -0.4 is 4.74 Å². The molecule has 1 aromatic carbocycles. The van der Waals surface area contributed by atoms with Gasteiger partial charge in [0.05, 0.1) is 6.54 Å². The number of carbonyl (C=O) groups is 1. The van der Waals surface area contributed by atoms with E-state index in [-0.39, 0.29) is 12.0 Å². The molecule has 1 aliphatic rings. The highest BCUT2D eigenvalue weighted by Crippen LogP contribution is 2.24. The first kappa shape index (κ1) is 15.7. The van der Waals surface area contributed by atoms with Crippen LogP contribution in [-0.4, -0.2) is 40.0 Å². The van der Waals surface area contributed by atoms with E-state index in [1.54, 1.807) is 6.20 Å². The highest BCUT2D eigenvalue weighted by Gasteiger charge is 2.28. The van der Waals surface area contributed by atoms with E-state index in [2.05, 4.69) is 23.8 Å². The summed E-state index contributed by atoms with van der Waals surface area (Å²) < 4.78 is 5.87. The van der Waals surface area contributed by atoms with Crippen LogP contribution in [0.4, 0.5) is 0 Å². The maximum atomic E-state index is 12.9. The molecule has 128 valence electrons. The van der Waals surface area contributed by atoms with Crippen molar-refractivity contribution in [3.05, 3.63) is 59.4 Å². The lowest BCUT2D eigenvalue weighted by Gasteiger charge is -2.17. The van der Waals surface area contributed by atoms with Crippen LogP contribution >= 0.6 is 0 Å². The molecule has 2 aromatic heterocycles. The first-order valence-electron chi connectivity index (χ1n) is 8.58. The van der Waals surface area contributed by atoms with E-state index < -0.39 is 0 Å². The van der Waals surface area contributed by atoms with Crippen LogP contribution in [-0.2, 0) is 0 Å². The SMILES string of the molecule is Cc1[nH]c2ccc(C(=O)N3CCC(Oc4ccccn4)C3)cc2c1C. The van der Waals surface area contributed by atoms with Crippen LogP contribution in [0.2, 0.25) is 0 Å². The highest BCUT2D eigenvalue weighted by atomic mass is 16.5. The number of aryl methyl sites for hydroxylation is 2. The summed E-state index contributed by atoms with van der Waals surface area (Å²) in [4.78, 5) is 22.2. The van der Waals surface area contributed by atoms with E-state index in [4.69, 9.17) is 4.74 Å². The number of aromatic nitrogens is 2. The third-order valence-electron chi connectivity index (χ3n) is 4.91. The zero-order valence-electron chi connectivity index (χ0n) is 14.5. The third-order valence-corrected chi connectivity index (χ3v) is 4.91. The molecule has 25 heavy (non-hydrogen) atoms. The molecule has 1 fully saturated rings. The number of ether oxygens (including phenoxy) is 1. The summed E-state index contributed by atoms with van der Waals surface area (Å²) in [6.07, 6.45) is 2.54. The van der Waals surface area contributed by atoms with Crippen molar-refractivity contribution in [2.75, 3.05) is 13.1 Å². The number of pyridine rings is 1. The van der Waals surface area contributed by atoms with Gasteiger partial charge in [-0.05, 0) is 43.7 Å². The number of fused-ring (bicyclic) bond motifs is 1. The smallest absolute Gasteiger partial charge is 0.254 e. The zero-order valence-corrected chi connectivity index (χ0v) is 14.5. The molecule has 4 rings (SSSR count). The van der Waals surface area contributed by atoms with Crippen molar-refractivity contribution in [1.29, 1.82) is 0 Å². The Balaban J connectivity index is 1.49.